The van der Waals surface area contributed by atoms with Crippen molar-refractivity contribution in [3.05, 3.63) is 65.2 Å². The van der Waals surface area contributed by atoms with Crippen LogP contribution in [0.2, 0.25) is 0 Å². The van der Waals surface area contributed by atoms with Gasteiger partial charge >= 0.3 is 0 Å². The second kappa shape index (κ2) is 6.60. The molecule has 0 radical (unpaired) electrons. The number of hydrogen-bond acceptors (Lipinski definition) is 2. The van der Waals surface area contributed by atoms with Crippen LogP contribution in [0.1, 0.15) is 54.8 Å². The zero-order valence-electron chi connectivity index (χ0n) is 14.6. The first kappa shape index (κ1) is 15.7. The third-order valence-corrected chi connectivity index (χ3v) is 5.61. The van der Waals surface area contributed by atoms with Crippen LogP contribution >= 0.6 is 0 Å². The second-order valence-electron chi connectivity index (χ2n) is 7.48. The number of fused-ring (bicyclic) bond motifs is 1. The van der Waals surface area contributed by atoms with Gasteiger partial charge in [0.15, 0.2) is 0 Å². The van der Waals surface area contributed by atoms with Crippen molar-refractivity contribution in [2.75, 3.05) is 6.54 Å². The Morgan fingerprint density at radius 2 is 1.88 bits per heavy atom. The molecular weight excluding hydrogens is 294 g/mol. The number of benzene rings is 2. The van der Waals surface area contributed by atoms with E-state index in [2.05, 4.69) is 60.8 Å². The van der Waals surface area contributed by atoms with Gasteiger partial charge in [-0.2, -0.15) is 0 Å². The molecule has 0 aromatic heterocycles. The standard InChI is InChI=1S/C22H27NO/c1-17-9-10-19-20(23-14-11-18-7-3-2-4-8-18)16-22(12-5-6-13-22)24-21(19)15-17/h2-4,7-10,15,20,23H,5-6,11-14,16H2,1H3. The molecule has 1 heterocycles. The molecule has 0 bridgehead atoms. The first-order valence-corrected chi connectivity index (χ1v) is 9.31. The summed E-state index contributed by atoms with van der Waals surface area (Å²) in [5.74, 6) is 1.11. The minimum absolute atomic E-state index is 0.0746. The Bertz CT molecular complexity index is 688. The molecule has 1 aliphatic carbocycles. The van der Waals surface area contributed by atoms with E-state index in [0.717, 1.165) is 25.1 Å². The molecule has 2 aliphatic rings. The highest BCUT2D eigenvalue weighted by Gasteiger charge is 2.42. The highest BCUT2D eigenvalue weighted by molar-refractivity contribution is 5.42. The average molecular weight is 321 g/mol. The molecule has 1 N–H and O–H groups in total. The van der Waals surface area contributed by atoms with E-state index in [1.807, 2.05) is 0 Å². The fraction of sp³-hybridized carbons (Fsp3) is 0.455. The summed E-state index contributed by atoms with van der Waals surface area (Å²) in [5.41, 5.74) is 4.10. The van der Waals surface area contributed by atoms with Crippen LogP contribution in [0.4, 0.5) is 0 Å². The summed E-state index contributed by atoms with van der Waals surface area (Å²) in [5, 5.41) is 3.82. The second-order valence-corrected chi connectivity index (χ2v) is 7.48. The zero-order chi connectivity index (χ0) is 16.4. The largest absolute Gasteiger partial charge is 0.487 e. The minimum Gasteiger partial charge on any atom is -0.487 e. The summed E-state index contributed by atoms with van der Waals surface area (Å²) in [6, 6.07) is 17.8. The molecule has 4 rings (SSSR count). The van der Waals surface area contributed by atoms with Gasteiger partial charge in [0.1, 0.15) is 11.4 Å². The predicted molar refractivity (Wildman–Crippen MR) is 98.5 cm³/mol. The van der Waals surface area contributed by atoms with Crippen LogP contribution in [0.25, 0.3) is 0 Å². The number of nitrogens with one attached hydrogen (secondary N) is 1. The van der Waals surface area contributed by atoms with Crippen LogP contribution in [0.3, 0.4) is 0 Å². The quantitative estimate of drug-likeness (QED) is 0.859. The number of aryl methyl sites for hydroxylation is 1. The predicted octanol–water partition coefficient (Wildman–Crippen LogP) is 4.96. The minimum atomic E-state index is 0.0746. The van der Waals surface area contributed by atoms with Crippen LogP contribution in [-0.4, -0.2) is 12.1 Å². The van der Waals surface area contributed by atoms with Gasteiger partial charge in [-0.05, 0) is 62.8 Å². The fourth-order valence-electron chi connectivity index (χ4n) is 4.32. The molecule has 0 amide bonds. The van der Waals surface area contributed by atoms with Crippen molar-refractivity contribution < 1.29 is 4.74 Å². The Hall–Kier alpha value is -1.80. The van der Waals surface area contributed by atoms with Crippen LogP contribution in [-0.2, 0) is 6.42 Å². The molecule has 24 heavy (non-hydrogen) atoms. The summed E-state index contributed by atoms with van der Waals surface area (Å²) in [4.78, 5) is 0. The van der Waals surface area contributed by atoms with Gasteiger partial charge in [0.25, 0.3) is 0 Å². The van der Waals surface area contributed by atoms with Crippen molar-refractivity contribution in [3.63, 3.8) is 0 Å². The van der Waals surface area contributed by atoms with Gasteiger partial charge in [0.2, 0.25) is 0 Å². The van der Waals surface area contributed by atoms with Crippen LogP contribution in [0.15, 0.2) is 48.5 Å². The molecule has 1 atom stereocenters. The van der Waals surface area contributed by atoms with Gasteiger partial charge in [-0.3, -0.25) is 0 Å². The molecule has 2 aromatic rings. The Balaban J connectivity index is 1.50. The lowest BCUT2D eigenvalue weighted by Crippen LogP contribution is -2.42. The van der Waals surface area contributed by atoms with Crippen molar-refractivity contribution in [2.45, 2.75) is 57.1 Å². The average Bonchev–Trinajstić information content (AvgIpc) is 3.03. The van der Waals surface area contributed by atoms with Gasteiger partial charge in [-0.25, -0.2) is 0 Å². The smallest absolute Gasteiger partial charge is 0.125 e. The van der Waals surface area contributed by atoms with Crippen LogP contribution in [0, 0.1) is 6.92 Å². The number of hydrogen-bond donors (Lipinski definition) is 1. The first-order valence-electron chi connectivity index (χ1n) is 9.31. The van der Waals surface area contributed by atoms with Crippen LogP contribution < -0.4 is 10.1 Å². The molecule has 1 spiro atoms. The van der Waals surface area contributed by atoms with Crippen LogP contribution in [0.5, 0.6) is 5.75 Å². The zero-order valence-corrected chi connectivity index (χ0v) is 14.6. The summed E-state index contributed by atoms with van der Waals surface area (Å²) in [6.45, 7) is 3.16. The normalized spacial score (nSPS) is 21.5. The van der Waals surface area contributed by atoms with Gasteiger partial charge in [-0.15, -0.1) is 0 Å². The lowest BCUT2D eigenvalue weighted by molar-refractivity contribution is 0.0368. The summed E-state index contributed by atoms with van der Waals surface area (Å²) >= 11 is 0. The van der Waals surface area contributed by atoms with Gasteiger partial charge in [-0.1, -0.05) is 42.5 Å². The summed E-state index contributed by atoms with van der Waals surface area (Å²) < 4.78 is 6.52. The fourth-order valence-corrected chi connectivity index (χ4v) is 4.32. The molecule has 0 saturated heterocycles. The first-order chi connectivity index (χ1) is 11.7. The molecule has 1 unspecified atom stereocenters. The molecule has 1 saturated carbocycles. The van der Waals surface area contributed by atoms with Gasteiger partial charge < -0.3 is 10.1 Å². The number of ether oxygens (including phenoxy) is 1. The third kappa shape index (κ3) is 3.21. The van der Waals surface area contributed by atoms with E-state index in [0.29, 0.717) is 6.04 Å². The highest BCUT2D eigenvalue weighted by atomic mass is 16.5. The van der Waals surface area contributed by atoms with Crippen molar-refractivity contribution in [1.82, 2.24) is 5.32 Å². The molecule has 126 valence electrons. The van der Waals surface area contributed by atoms with Crippen molar-refractivity contribution in [2.24, 2.45) is 0 Å². The monoisotopic (exact) mass is 321 g/mol. The van der Waals surface area contributed by atoms with Crippen molar-refractivity contribution in [3.8, 4) is 5.75 Å². The van der Waals surface area contributed by atoms with E-state index >= 15 is 0 Å². The maximum atomic E-state index is 6.52. The summed E-state index contributed by atoms with van der Waals surface area (Å²) in [6.07, 6.45) is 7.20. The molecule has 2 aromatic carbocycles. The van der Waals surface area contributed by atoms with E-state index in [9.17, 15) is 0 Å². The topological polar surface area (TPSA) is 21.3 Å². The molecule has 2 heteroatoms. The lowest BCUT2D eigenvalue weighted by atomic mass is 9.85. The summed E-state index contributed by atoms with van der Waals surface area (Å²) in [7, 11) is 0. The van der Waals surface area contributed by atoms with Crippen molar-refractivity contribution >= 4 is 0 Å². The van der Waals surface area contributed by atoms with Gasteiger partial charge in [0.05, 0.1) is 0 Å². The van der Waals surface area contributed by atoms with Gasteiger partial charge in [0, 0.05) is 18.0 Å². The Morgan fingerprint density at radius 3 is 2.67 bits per heavy atom. The van der Waals surface area contributed by atoms with E-state index in [1.54, 1.807) is 0 Å². The van der Waals surface area contributed by atoms with E-state index in [4.69, 9.17) is 4.74 Å². The molecule has 1 fully saturated rings. The lowest BCUT2D eigenvalue weighted by Gasteiger charge is -2.40. The molecule has 1 aliphatic heterocycles. The SMILES string of the molecule is Cc1ccc2c(c1)OC1(CCCC1)CC2NCCc1ccccc1. The molecular formula is C22H27NO. The van der Waals surface area contributed by atoms with E-state index < -0.39 is 0 Å². The highest BCUT2D eigenvalue weighted by Crippen LogP contribution is 2.47. The molecule has 2 nitrogen and oxygen atoms in total. The van der Waals surface area contributed by atoms with E-state index in [-0.39, 0.29) is 5.60 Å². The Morgan fingerprint density at radius 1 is 1.08 bits per heavy atom. The maximum Gasteiger partial charge on any atom is 0.125 e. The Kier molecular flexibility index (Phi) is 4.32. The third-order valence-electron chi connectivity index (χ3n) is 5.61. The maximum absolute atomic E-state index is 6.52. The van der Waals surface area contributed by atoms with E-state index in [1.165, 1.54) is 42.4 Å². The number of rotatable bonds is 4. The Labute approximate surface area is 145 Å². The van der Waals surface area contributed by atoms with Crippen molar-refractivity contribution in [1.29, 1.82) is 0 Å².